The van der Waals surface area contributed by atoms with Crippen LogP contribution in [0.15, 0.2) is 24.3 Å². The predicted octanol–water partition coefficient (Wildman–Crippen LogP) is 3.22. The summed E-state index contributed by atoms with van der Waals surface area (Å²) in [5.41, 5.74) is -1.37. The third-order valence-corrected chi connectivity index (χ3v) is 3.91. The second-order valence-corrected chi connectivity index (χ2v) is 6.88. The Labute approximate surface area is 135 Å². The molecule has 5 nitrogen and oxygen atoms in total. The van der Waals surface area contributed by atoms with Crippen molar-refractivity contribution < 1.29 is 23.8 Å². The van der Waals surface area contributed by atoms with Crippen LogP contribution in [0.2, 0.25) is 0 Å². The highest BCUT2D eigenvalue weighted by Gasteiger charge is 2.51. The van der Waals surface area contributed by atoms with E-state index >= 15 is 0 Å². The number of rotatable bonds is 3. The molecule has 2 rings (SSSR count). The van der Waals surface area contributed by atoms with Crippen LogP contribution in [-0.4, -0.2) is 39.8 Å². The van der Waals surface area contributed by atoms with Crippen molar-refractivity contribution in [3.8, 4) is 0 Å². The van der Waals surface area contributed by atoms with Crippen molar-refractivity contribution in [2.75, 3.05) is 6.54 Å². The number of halogens is 1. The quantitative estimate of drug-likeness (QED) is 0.927. The zero-order valence-corrected chi connectivity index (χ0v) is 13.6. The lowest BCUT2D eigenvalue weighted by Gasteiger charge is -2.36. The number of hydrogen-bond acceptors (Lipinski definition) is 3. The molecule has 23 heavy (non-hydrogen) atoms. The lowest BCUT2D eigenvalue weighted by molar-refractivity contribution is -0.149. The molecule has 0 saturated carbocycles. The number of carboxylic acids is 1. The number of amides is 1. The van der Waals surface area contributed by atoms with Crippen LogP contribution in [0.5, 0.6) is 0 Å². The number of benzene rings is 1. The van der Waals surface area contributed by atoms with Gasteiger partial charge in [-0.05, 0) is 51.3 Å². The third kappa shape index (κ3) is 3.81. The number of aliphatic carboxylic acids is 1. The van der Waals surface area contributed by atoms with Gasteiger partial charge in [-0.3, -0.25) is 4.90 Å². The number of carboxylic acid groups (broad SMARTS) is 1. The average Bonchev–Trinajstić information content (AvgIpc) is 2.84. The Morgan fingerprint density at radius 3 is 2.43 bits per heavy atom. The SMILES string of the molecule is CC(C)(C)OC(=O)N1CCCC1(Cc1ccc(F)cc1)C(=O)O. The maximum Gasteiger partial charge on any atom is 0.411 e. The van der Waals surface area contributed by atoms with Gasteiger partial charge in [-0.1, -0.05) is 12.1 Å². The highest BCUT2D eigenvalue weighted by molar-refractivity contribution is 5.85. The van der Waals surface area contributed by atoms with Gasteiger partial charge in [0.25, 0.3) is 0 Å². The average molecular weight is 323 g/mol. The zero-order valence-electron chi connectivity index (χ0n) is 13.6. The van der Waals surface area contributed by atoms with Crippen molar-refractivity contribution in [1.82, 2.24) is 4.90 Å². The summed E-state index contributed by atoms with van der Waals surface area (Å²) in [7, 11) is 0. The molecule has 1 atom stereocenters. The number of carbonyl (C=O) groups excluding carboxylic acids is 1. The van der Waals surface area contributed by atoms with Gasteiger partial charge in [0.1, 0.15) is 17.0 Å². The fourth-order valence-electron chi connectivity index (χ4n) is 2.88. The van der Waals surface area contributed by atoms with Crippen molar-refractivity contribution in [3.63, 3.8) is 0 Å². The summed E-state index contributed by atoms with van der Waals surface area (Å²) in [6.45, 7) is 5.55. The molecule has 1 heterocycles. The van der Waals surface area contributed by atoms with E-state index in [2.05, 4.69) is 0 Å². The molecule has 0 spiro atoms. The van der Waals surface area contributed by atoms with Crippen LogP contribution in [0, 0.1) is 5.82 Å². The van der Waals surface area contributed by atoms with Crippen LogP contribution in [-0.2, 0) is 16.0 Å². The Morgan fingerprint density at radius 2 is 1.91 bits per heavy atom. The highest BCUT2D eigenvalue weighted by atomic mass is 19.1. The maximum atomic E-state index is 13.0. The molecule has 1 saturated heterocycles. The van der Waals surface area contributed by atoms with Gasteiger partial charge >= 0.3 is 12.1 Å². The highest BCUT2D eigenvalue weighted by Crippen LogP contribution is 2.34. The molecule has 1 aromatic carbocycles. The number of nitrogens with zero attached hydrogens (tertiary/aromatic N) is 1. The van der Waals surface area contributed by atoms with E-state index in [0.717, 1.165) is 0 Å². The third-order valence-electron chi connectivity index (χ3n) is 3.91. The number of likely N-dealkylation sites (tertiary alicyclic amines) is 1. The predicted molar refractivity (Wildman–Crippen MR) is 82.6 cm³/mol. The van der Waals surface area contributed by atoms with E-state index in [-0.39, 0.29) is 12.2 Å². The molecule has 1 aromatic rings. The van der Waals surface area contributed by atoms with Crippen LogP contribution in [0.4, 0.5) is 9.18 Å². The molecule has 0 aliphatic carbocycles. The first-order chi connectivity index (χ1) is 10.6. The lowest BCUT2D eigenvalue weighted by Crippen LogP contribution is -2.55. The van der Waals surface area contributed by atoms with Crippen LogP contribution < -0.4 is 0 Å². The van der Waals surface area contributed by atoms with E-state index in [1.165, 1.54) is 17.0 Å². The van der Waals surface area contributed by atoms with Gasteiger partial charge in [-0.15, -0.1) is 0 Å². The van der Waals surface area contributed by atoms with Crippen LogP contribution in [0.1, 0.15) is 39.2 Å². The van der Waals surface area contributed by atoms with Gasteiger partial charge in [0.05, 0.1) is 0 Å². The fraction of sp³-hybridized carbons (Fsp3) is 0.529. The molecule has 1 fully saturated rings. The van der Waals surface area contributed by atoms with E-state index in [1.54, 1.807) is 32.9 Å². The first-order valence-electron chi connectivity index (χ1n) is 7.62. The Hall–Kier alpha value is -2.11. The normalized spacial score (nSPS) is 21.3. The van der Waals surface area contributed by atoms with Gasteiger partial charge in [0.2, 0.25) is 0 Å². The lowest BCUT2D eigenvalue weighted by atomic mass is 9.88. The molecule has 1 N–H and O–H groups in total. The van der Waals surface area contributed by atoms with Crippen molar-refractivity contribution in [1.29, 1.82) is 0 Å². The first kappa shape index (κ1) is 17.2. The number of carbonyl (C=O) groups is 2. The van der Waals surface area contributed by atoms with Crippen LogP contribution >= 0.6 is 0 Å². The van der Waals surface area contributed by atoms with Crippen molar-refractivity contribution >= 4 is 12.1 Å². The van der Waals surface area contributed by atoms with E-state index < -0.39 is 23.2 Å². The second-order valence-electron chi connectivity index (χ2n) is 6.88. The molecule has 1 aliphatic heterocycles. The summed E-state index contributed by atoms with van der Waals surface area (Å²) in [5.74, 6) is -1.45. The topological polar surface area (TPSA) is 66.8 Å². The minimum atomic E-state index is -1.35. The van der Waals surface area contributed by atoms with Gasteiger partial charge in [0, 0.05) is 13.0 Å². The molecule has 1 aliphatic rings. The Balaban J connectivity index is 2.29. The number of hydrogen-bond donors (Lipinski definition) is 1. The monoisotopic (exact) mass is 323 g/mol. The molecule has 1 amide bonds. The Kier molecular flexibility index (Phi) is 4.63. The van der Waals surface area contributed by atoms with Gasteiger partial charge in [0.15, 0.2) is 0 Å². The molecule has 0 radical (unpaired) electrons. The van der Waals surface area contributed by atoms with E-state index in [1.807, 2.05) is 0 Å². The van der Waals surface area contributed by atoms with Crippen molar-refractivity contribution in [2.45, 2.75) is 51.2 Å². The fourth-order valence-corrected chi connectivity index (χ4v) is 2.88. The summed E-state index contributed by atoms with van der Waals surface area (Å²) in [5, 5.41) is 9.77. The molecular formula is C17H22FNO4. The van der Waals surface area contributed by atoms with Gasteiger partial charge in [-0.25, -0.2) is 14.0 Å². The molecule has 0 aromatic heterocycles. The largest absolute Gasteiger partial charge is 0.479 e. The summed E-state index contributed by atoms with van der Waals surface area (Å²) in [4.78, 5) is 25.7. The maximum absolute atomic E-state index is 13.0. The second kappa shape index (κ2) is 6.18. The minimum Gasteiger partial charge on any atom is -0.479 e. The standard InChI is InChI=1S/C17H22FNO4/c1-16(2,3)23-15(22)19-10-4-9-17(19,14(20)21)11-12-5-7-13(18)8-6-12/h5-8H,4,9-11H2,1-3H3,(H,20,21). The molecule has 1 unspecified atom stereocenters. The van der Waals surface area contributed by atoms with Crippen molar-refractivity contribution in [3.05, 3.63) is 35.6 Å². The number of ether oxygens (including phenoxy) is 1. The molecule has 126 valence electrons. The minimum absolute atomic E-state index is 0.127. The van der Waals surface area contributed by atoms with Gasteiger partial charge < -0.3 is 9.84 Å². The summed E-state index contributed by atoms with van der Waals surface area (Å²) in [6.07, 6.45) is 0.438. The van der Waals surface area contributed by atoms with E-state index in [0.29, 0.717) is 24.9 Å². The zero-order chi connectivity index (χ0) is 17.3. The Bertz CT molecular complexity index is 594. The molecular weight excluding hydrogens is 301 g/mol. The summed E-state index contributed by atoms with van der Waals surface area (Å²) < 4.78 is 18.4. The van der Waals surface area contributed by atoms with Gasteiger partial charge in [-0.2, -0.15) is 0 Å². The van der Waals surface area contributed by atoms with Crippen LogP contribution in [0.25, 0.3) is 0 Å². The summed E-state index contributed by atoms with van der Waals surface area (Å²) >= 11 is 0. The smallest absolute Gasteiger partial charge is 0.411 e. The van der Waals surface area contributed by atoms with Crippen molar-refractivity contribution in [2.24, 2.45) is 0 Å². The molecule has 6 heteroatoms. The first-order valence-corrected chi connectivity index (χ1v) is 7.62. The Morgan fingerprint density at radius 1 is 1.30 bits per heavy atom. The van der Waals surface area contributed by atoms with E-state index in [9.17, 15) is 19.1 Å². The summed E-state index contributed by atoms with van der Waals surface area (Å²) in [6, 6.07) is 5.67. The van der Waals surface area contributed by atoms with E-state index in [4.69, 9.17) is 4.74 Å². The molecule has 0 bridgehead atoms. The van der Waals surface area contributed by atoms with Crippen LogP contribution in [0.3, 0.4) is 0 Å².